The third-order valence-corrected chi connectivity index (χ3v) is 3.04. The Bertz CT molecular complexity index is 670. The van der Waals surface area contributed by atoms with Crippen LogP contribution in [0.5, 0.6) is 0 Å². The Morgan fingerprint density at radius 3 is 1.75 bits per heavy atom. The fourth-order valence-electron chi connectivity index (χ4n) is 1.45. The predicted octanol–water partition coefficient (Wildman–Crippen LogP) is -0.385. The highest BCUT2D eigenvalue weighted by Gasteiger charge is 2.33. The van der Waals surface area contributed by atoms with Gasteiger partial charge in [0, 0.05) is 23.6 Å². The molecule has 0 aliphatic carbocycles. The molecule has 0 spiro atoms. The monoisotopic (exact) mass is 399 g/mol. The standard InChI is InChI=1S/C18H24O10/c1-17(2,9-26-14(23)7-5-12(19)20)10-28-16(25)18(3,4)11-27-15(24)8-6-13(21)22/h5-8H,9-11H2,1-4H3,(H,19,20)(H,21,22)/p-1. The highest BCUT2D eigenvalue weighted by Crippen LogP contribution is 2.22. The SMILES string of the molecule is CC(C)(COC(=O)C=CC(=O)[O-])COC(=O)C(C)(C)COC(=O)C=CC(=O)O. The fourth-order valence-corrected chi connectivity index (χ4v) is 1.45. The van der Waals surface area contributed by atoms with Crippen molar-refractivity contribution >= 4 is 29.8 Å². The van der Waals surface area contributed by atoms with Crippen LogP contribution in [0, 0.1) is 10.8 Å². The lowest BCUT2D eigenvalue weighted by Gasteiger charge is -2.27. The van der Waals surface area contributed by atoms with Crippen LogP contribution in [0.1, 0.15) is 27.7 Å². The first-order valence-electron chi connectivity index (χ1n) is 8.06. The van der Waals surface area contributed by atoms with Crippen molar-refractivity contribution in [3.63, 3.8) is 0 Å². The van der Waals surface area contributed by atoms with Gasteiger partial charge in [0.25, 0.3) is 0 Å². The Morgan fingerprint density at radius 2 is 1.25 bits per heavy atom. The average Bonchev–Trinajstić information content (AvgIpc) is 2.59. The summed E-state index contributed by atoms with van der Waals surface area (Å²) in [5.74, 6) is -5.33. The molecular weight excluding hydrogens is 376 g/mol. The number of carbonyl (C=O) groups excluding carboxylic acids is 4. The fraction of sp³-hybridized carbons (Fsp3) is 0.500. The first-order chi connectivity index (χ1) is 12.7. The number of ether oxygens (including phenoxy) is 3. The molecule has 0 aromatic rings. The van der Waals surface area contributed by atoms with Crippen molar-refractivity contribution in [1.82, 2.24) is 0 Å². The van der Waals surface area contributed by atoms with E-state index in [-0.39, 0.29) is 19.8 Å². The molecule has 0 saturated carbocycles. The predicted molar refractivity (Wildman–Crippen MR) is 91.4 cm³/mol. The van der Waals surface area contributed by atoms with E-state index >= 15 is 0 Å². The quantitative estimate of drug-likeness (QED) is 0.276. The van der Waals surface area contributed by atoms with Gasteiger partial charge in [0.15, 0.2) is 0 Å². The number of aliphatic carboxylic acids is 2. The zero-order valence-corrected chi connectivity index (χ0v) is 16.1. The summed E-state index contributed by atoms with van der Waals surface area (Å²) in [6.07, 6.45) is 2.56. The summed E-state index contributed by atoms with van der Waals surface area (Å²) in [4.78, 5) is 55.4. The summed E-state index contributed by atoms with van der Waals surface area (Å²) in [5, 5.41) is 18.6. The van der Waals surface area contributed by atoms with E-state index in [9.17, 15) is 29.1 Å². The van der Waals surface area contributed by atoms with E-state index < -0.39 is 40.7 Å². The number of hydrogen-bond acceptors (Lipinski definition) is 9. The van der Waals surface area contributed by atoms with Gasteiger partial charge in [-0.1, -0.05) is 13.8 Å². The first-order valence-corrected chi connectivity index (χ1v) is 8.06. The van der Waals surface area contributed by atoms with Crippen LogP contribution in [0.25, 0.3) is 0 Å². The van der Waals surface area contributed by atoms with Crippen LogP contribution in [-0.2, 0) is 38.2 Å². The topological polar surface area (TPSA) is 156 Å². The maximum absolute atomic E-state index is 12.2. The smallest absolute Gasteiger partial charge is 0.331 e. The molecule has 0 rings (SSSR count). The van der Waals surface area contributed by atoms with Gasteiger partial charge in [0.05, 0.1) is 24.6 Å². The lowest BCUT2D eigenvalue weighted by Crippen LogP contribution is -2.36. The van der Waals surface area contributed by atoms with Crippen molar-refractivity contribution in [1.29, 1.82) is 0 Å². The van der Waals surface area contributed by atoms with Gasteiger partial charge in [-0.15, -0.1) is 0 Å². The van der Waals surface area contributed by atoms with Gasteiger partial charge in [-0.25, -0.2) is 14.4 Å². The minimum Gasteiger partial charge on any atom is -0.545 e. The zero-order valence-electron chi connectivity index (χ0n) is 16.1. The number of hydrogen-bond donors (Lipinski definition) is 1. The van der Waals surface area contributed by atoms with Crippen LogP contribution < -0.4 is 5.11 Å². The van der Waals surface area contributed by atoms with Gasteiger partial charge in [-0.2, -0.15) is 0 Å². The van der Waals surface area contributed by atoms with Crippen molar-refractivity contribution < 1.29 is 48.4 Å². The van der Waals surface area contributed by atoms with E-state index in [0.29, 0.717) is 18.2 Å². The molecule has 0 saturated heterocycles. The molecular formula is C18H23O10-. The van der Waals surface area contributed by atoms with Crippen LogP contribution in [0.3, 0.4) is 0 Å². The normalized spacial score (nSPS) is 12.0. The molecule has 0 aliphatic rings. The van der Waals surface area contributed by atoms with Crippen LogP contribution in [0.2, 0.25) is 0 Å². The Hall–Kier alpha value is -3.17. The highest BCUT2D eigenvalue weighted by atomic mass is 16.6. The summed E-state index contributed by atoms with van der Waals surface area (Å²) in [6.45, 7) is 5.64. The second-order valence-corrected chi connectivity index (χ2v) is 7.16. The number of carboxylic acid groups (broad SMARTS) is 2. The van der Waals surface area contributed by atoms with Gasteiger partial charge in [0.1, 0.15) is 6.61 Å². The van der Waals surface area contributed by atoms with Crippen molar-refractivity contribution in [3.05, 3.63) is 24.3 Å². The minimum atomic E-state index is -1.54. The Morgan fingerprint density at radius 1 is 0.786 bits per heavy atom. The van der Waals surface area contributed by atoms with Crippen LogP contribution in [0.15, 0.2) is 24.3 Å². The molecule has 0 amide bonds. The van der Waals surface area contributed by atoms with Gasteiger partial charge >= 0.3 is 23.9 Å². The number of carboxylic acids is 2. The summed E-state index contributed by atoms with van der Waals surface area (Å²) in [5.41, 5.74) is -1.96. The molecule has 0 bridgehead atoms. The van der Waals surface area contributed by atoms with Crippen molar-refractivity contribution in [3.8, 4) is 0 Å². The molecule has 1 N–H and O–H groups in total. The molecule has 0 fully saturated rings. The minimum absolute atomic E-state index is 0.125. The van der Waals surface area contributed by atoms with E-state index in [1.807, 2.05) is 0 Å². The summed E-state index contributed by atoms with van der Waals surface area (Å²) < 4.78 is 14.9. The zero-order chi connectivity index (χ0) is 22.0. The summed E-state index contributed by atoms with van der Waals surface area (Å²) >= 11 is 0. The van der Waals surface area contributed by atoms with Gasteiger partial charge in [-0.05, 0) is 19.9 Å². The molecule has 10 heteroatoms. The van der Waals surface area contributed by atoms with E-state index in [1.165, 1.54) is 13.8 Å². The molecule has 0 atom stereocenters. The van der Waals surface area contributed by atoms with Crippen molar-refractivity contribution in [2.24, 2.45) is 10.8 Å². The molecule has 10 nitrogen and oxygen atoms in total. The lowest BCUT2D eigenvalue weighted by atomic mass is 9.93. The van der Waals surface area contributed by atoms with Crippen molar-refractivity contribution in [2.45, 2.75) is 27.7 Å². The van der Waals surface area contributed by atoms with Crippen LogP contribution in [0.4, 0.5) is 0 Å². The van der Waals surface area contributed by atoms with Crippen LogP contribution >= 0.6 is 0 Å². The van der Waals surface area contributed by atoms with E-state index in [4.69, 9.17) is 19.3 Å². The molecule has 0 aromatic carbocycles. The second kappa shape index (κ2) is 10.9. The molecule has 0 radical (unpaired) electrons. The Balaban J connectivity index is 4.50. The Labute approximate surface area is 161 Å². The number of esters is 3. The second-order valence-electron chi connectivity index (χ2n) is 7.16. The van der Waals surface area contributed by atoms with E-state index in [0.717, 1.165) is 6.08 Å². The highest BCUT2D eigenvalue weighted by molar-refractivity contribution is 5.91. The molecule has 0 heterocycles. The number of carbonyl (C=O) groups is 5. The third-order valence-electron chi connectivity index (χ3n) is 3.04. The molecule has 28 heavy (non-hydrogen) atoms. The number of rotatable bonds is 11. The summed E-state index contributed by atoms with van der Waals surface area (Å²) in [6, 6.07) is 0. The molecule has 0 aromatic heterocycles. The first kappa shape index (κ1) is 24.8. The van der Waals surface area contributed by atoms with E-state index in [1.54, 1.807) is 13.8 Å². The average molecular weight is 399 g/mol. The largest absolute Gasteiger partial charge is 0.545 e. The maximum atomic E-state index is 12.2. The summed E-state index contributed by atoms with van der Waals surface area (Å²) in [7, 11) is 0. The molecule has 0 aliphatic heterocycles. The molecule has 0 unspecified atom stereocenters. The van der Waals surface area contributed by atoms with Gasteiger partial charge in [-0.3, -0.25) is 4.79 Å². The third kappa shape index (κ3) is 11.4. The van der Waals surface area contributed by atoms with Gasteiger partial charge in [0.2, 0.25) is 0 Å². The van der Waals surface area contributed by atoms with E-state index in [2.05, 4.69) is 0 Å². The lowest BCUT2D eigenvalue weighted by molar-refractivity contribution is -0.297. The van der Waals surface area contributed by atoms with Crippen LogP contribution in [-0.4, -0.2) is 54.8 Å². The maximum Gasteiger partial charge on any atom is 0.331 e. The van der Waals surface area contributed by atoms with Gasteiger partial charge < -0.3 is 29.2 Å². The molecule has 156 valence electrons. The van der Waals surface area contributed by atoms with Crippen molar-refractivity contribution in [2.75, 3.05) is 19.8 Å². The Kier molecular flexibility index (Phi) is 9.62.